The Morgan fingerprint density at radius 2 is 1.93 bits per heavy atom. The van der Waals surface area contributed by atoms with Crippen molar-refractivity contribution in [3.05, 3.63) is 79.8 Å². The minimum atomic E-state index is -0.288. The quantitative estimate of drug-likeness (QED) is 0.550. The lowest BCUT2D eigenvalue weighted by molar-refractivity contribution is 0.0938. The lowest BCUT2D eigenvalue weighted by Gasteiger charge is -2.18. The molecule has 0 aliphatic rings. The van der Waals surface area contributed by atoms with Crippen LogP contribution in [0, 0.1) is 6.92 Å². The highest BCUT2D eigenvalue weighted by atomic mass is 35.5. The number of nitrogens with one attached hydrogen (secondary N) is 2. The van der Waals surface area contributed by atoms with Gasteiger partial charge in [-0.25, -0.2) is 0 Å². The van der Waals surface area contributed by atoms with Gasteiger partial charge in [0, 0.05) is 21.2 Å². The molecule has 0 aliphatic carbocycles. The van der Waals surface area contributed by atoms with Gasteiger partial charge >= 0.3 is 0 Å². The minimum absolute atomic E-state index is 0.0350. The standard InChI is InChI=1S/C21H21ClN2O2S/c1-4-16-18(13(3)25)12(2)23-20(16)21(26)24-19(17-6-5-11-27-17)14-7-9-15(22)10-8-14/h5-11,19,23H,4H2,1-3H3,(H,24,26). The molecule has 3 aromatic rings. The second-order valence-electron chi connectivity index (χ2n) is 6.36. The van der Waals surface area contributed by atoms with Crippen LogP contribution in [0.2, 0.25) is 5.02 Å². The third-order valence-corrected chi connectivity index (χ3v) is 5.72. The molecule has 0 fully saturated rings. The van der Waals surface area contributed by atoms with Gasteiger partial charge in [0.15, 0.2) is 5.78 Å². The Morgan fingerprint density at radius 3 is 2.48 bits per heavy atom. The number of H-pyrrole nitrogens is 1. The summed E-state index contributed by atoms with van der Waals surface area (Å²) in [6, 6.07) is 11.1. The van der Waals surface area contributed by atoms with E-state index in [0.717, 1.165) is 21.7 Å². The summed E-state index contributed by atoms with van der Waals surface area (Å²) in [6.07, 6.45) is 0.604. The Hall–Kier alpha value is -2.37. The molecule has 1 amide bonds. The highest BCUT2D eigenvalue weighted by Crippen LogP contribution is 2.28. The summed E-state index contributed by atoms with van der Waals surface area (Å²) < 4.78 is 0. The van der Waals surface area contributed by atoms with Gasteiger partial charge in [-0.2, -0.15) is 0 Å². The summed E-state index contributed by atoms with van der Waals surface area (Å²) in [5, 5.41) is 5.74. The van der Waals surface area contributed by atoms with Crippen molar-refractivity contribution in [3.8, 4) is 0 Å². The summed E-state index contributed by atoms with van der Waals surface area (Å²) >= 11 is 7.59. The molecule has 1 unspecified atom stereocenters. The molecule has 0 aliphatic heterocycles. The molecule has 2 N–H and O–H groups in total. The number of Topliss-reactive ketones (excluding diaryl/α,β-unsaturated/α-hetero) is 1. The van der Waals surface area contributed by atoms with Crippen LogP contribution in [0.1, 0.15) is 62.4 Å². The summed E-state index contributed by atoms with van der Waals surface area (Å²) in [6.45, 7) is 5.30. The van der Waals surface area contributed by atoms with E-state index in [2.05, 4.69) is 10.3 Å². The predicted octanol–water partition coefficient (Wildman–Crippen LogP) is 5.32. The number of carbonyl (C=O) groups is 2. The minimum Gasteiger partial charge on any atom is -0.354 e. The smallest absolute Gasteiger partial charge is 0.268 e. The maximum Gasteiger partial charge on any atom is 0.268 e. The average Bonchev–Trinajstić information content (AvgIpc) is 3.27. The number of amides is 1. The Balaban J connectivity index is 1.97. The Kier molecular flexibility index (Phi) is 5.82. The third kappa shape index (κ3) is 3.99. The van der Waals surface area contributed by atoms with E-state index in [0.29, 0.717) is 22.7 Å². The molecule has 6 heteroatoms. The average molecular weight is 401 g/mol. The fourth-order valence-electron chi connectivity index (χ4n) is 3.33. The van der Waals surface area contributed by atoms with Crippen LogP contribution in [-0.4, -0.2) is 16.7 Å². The van der Waals surface area contributed by atoms with Crippen LogP contribution in [0.15, 0.2) is 41.8 Å². The molecule has 2 aromatic heterocycles. The number of hydrogen-bond acceptors (Lipinski definition) is 3. The Morgan fingerprint density at radius 1 is 1.22 bits per heavy atom. The normalized spacial score (nSPS) is 12.0. The van der Waals surface area contributed by atoms with Crippen LogP contribution in [0.5, 0.6) is 0 Å². The van der Waals surface area contributed by atoms with Gasteiger partial charge in [0.1, 0.15) is 5.69 Å². The van der Waals surface area contributed by atoms with Gasteiger partial charge in [0.05, 0.1) is 6.04 Å². The monoisotopic (exact) mass is 400 g/mol. The van der Waals surface area contributed by atoms with Crippen LogP contribution in [0.4, 0.5) is 0 Å². The van der Waals surface area contributed by atoms with Crippen LogP contribution in [0.25, 0.3) is 0 Å². The van der Waals surface area contributed by atoms with E-state index < -0.39 is 0 Å². The summed E-state index contributed by atoms with van der Waals surface area (Å²) in [5.41, 5.74) is 3.50. The van der Waals surface area contributed by atoms with Crippen molar-refractivity contribution in [2.75, 3.05) is 0 Å². The number of aryl methyl sites for hydroxylation is 1. The van der Waals surface area contributed by atoms with Crippen molar-refractivity contribution in [3.63, 3.8) is 0 Å². The van der Waals surface area contributed by atoms with E-state index in [1.54, 1.807) is 11.3 Å². The molecule has 0 bridgehead atoms. The number of rotatable bonds is 6. The number of thiophene rings is 1. The zero-order valence-electron chi connectivity index (χ0n) is 15.4. The summed E-state index contributed by atoms with van der Waals surface area (Å²) in [5.74, 6) is -0.261. The molecule has 4 nitrogen and oxygen atoms in total. The highest BCUT2D eigenvalue weighted by Gasteiger charge is 2.25. The Bertz CT molecular complexity index is 959. The van der Waals surface area contributed by atoms with Gasteiger partial charge in [-0.15, -0.1) is 11.3 Å². The third-order valence-electron chi connectivity index (χ3n) is 4.53. The second-order valence-corrected chi connectivity index (χ2v) is 7.78. The van der Waals surface area contributed by atoms with E-state index in [1.165, 1.54) is 6.92 Å². The van der Waals surface area contributed by atoms with E-state index in [-0.39, 0.29) is 17.7 Å². The van der Waals surface area contributed by atoms with Gasteiger partial charge in [-0.1, -0.05) is 36.7 Å². The first-order valence-corrected chi connectivity index (χ1v) is 10.00. The first kappa shape index (κ1) is 19.4. The first-order chi connectivity index (χ1) is 12.9. The largest absolute Gasteiger partial charge is 0.354 e. The van der Waals surface area contributed by atoms with Gasteiger partial charge in [-0.05, 0) is 55.0 Å². The molecule has 0 spiro atoms. The van der Waals surface area contributed by atoms with Crippen molar-refractivity contribution < 1.29 is 9.59 Å². The van der Waals surface area contributed by atoms with Crippen molar-refractivity contribution in [1.82, 2.24) is 10.3 Å². The van der Waals surface area contributed by atoms with Crippen molar-refractivity contribution >= 4 is 34.6 Å². The Labute approximate surface area is 167 Å². The molecule has 3 rings (SSSR count). The van der Waals surface area contributed by atoms with Gasteiger partial charge in [-0.3, -0.25) is 9.59 Å². The maximum atomic E-state index is 13.1. The van der Waals surface area contributed by atoms with Gasteiger partial charge in [0.2, 0.25) is 0 Å². The zero-order valence-corrected chi connectivity index (χ0v) is 17.0. The molecule has 0 saturated carbocycles. The molecule has 2 heterocycles. The lowest BCUT2D eigenvalue weighted by Crippen LogP contribution is -2.29. The van der Waals surface area contributed by atoms with E-state index in [4.69, 9.17) is 11.6 Å². The number of carbonyl (C=O) groups excluding carboxylic acids is 2. The van der Waals surface area contributed by atoms with Crippen molar-refractivity contribution in [1.29, 1.82) is 0 Å². The second kappa shape index (κ2) is 8.11. The predicted molar refractivity (Wildman–Crippen MR) is 110 cm³/mol. The number of aromatic amines is 1. The van der Waals surface area contributed by atoms with Crippen LogP contribution in [-0.2, 0) is 6.42 Å². The lowest BCUT2D eigenvalue weighted by atomic mass is 10.0. The fourth-order valence-corrected chi connectivity index (χ4v) is 4.26. The molecular formula is C21H21ClN2O2S. The van der Waals surface area contributed by atoms with E-state index in [9.17, 15) is 9.59 Å². The van der Waals surface area contributed by atoms with Crippen LogP contribution >= 0.6 is 22.9 Å². The molecule has 140 valence electrons. The van der Waals surface area contributed by atoms with Crippen molar-refractivity contribution in [2.45, 2.75) is 33.2 Å². The molecular weight excluding hydrogens is 380 g/mol. The van der Waals surface area contributed by atoms with Crippen LogP contribution < -0.4 is 5.32 Å². The molecule has 1 aromatic carbocycles. The number of hydrogen-bond donors (Lipinski definition) is 2. The highest BCUT2D eigenvalue weighted by molar-refractivity contribution is 7.10. The molecule has 0 saturated heterocycles. The first-order valence-electron chi connectivity index (χ1n) is 8.74. The number of ketones is 1. The van der Waals surface area contributed by atoms with Crippen molar-refractivity contribution in [2.24, 2.45) is 0 Å². The number of halogens is 1. The molecule has 27 heavy (non-hydrogen) atoms. The maximum absolute atomic E-state index is 13.1. The van der Waals surface area contributed by atoms with Gasteiger partial charge < -0.3 is 10.3 Å². The van der Waals surface area contributed by atoms with E-state index in [1.807, 2.05) is 55.6 Å². The SMILES string of the molecule is CCc1c(C(=O)NC(c2ccc(Cl)cc2)c2cccs2)[nH]c(C)c1C(C)=O. The topological polar surface area (TPSA) is 62.0 Å². The zero-order chi connectivity index (χ0) is 19.6. The summed E-state index contributed by atoms with van der Waals surface area (Å²) in [7, 11) is 0. The van der Waals surface area contributed by atoms with E-state index >= 15 is 0 Å². The summed E-state index contributed by atoms with van der Waals surface area (Å²) in [4.78, 5) is 29.2. The molecule has 0 radical (unpaired) electrons. The molecule has 1 atom stereocenters. The fraction of sp³-hybridized carbons (Fsp3) is 0.238. The number of benzene rings is 1. The number of aromatic nitrogens is 1. The van der Waals surface area contributed by atoms with Crippen LogP contribution in [0.3, 0.4) is 0 Å². The van der Waals surface area contributed by atoms with Gasteiger partial charge in [0.25, 0.3) is 5.91 Å².